The maximum absolute atomic E-state index is 12.8. The van der Waals surface area contributed by atoms with Gasteiger partial charge in [-0.25, -0.2) is 0 Å². The fourth-order valence-corrected chi connectivity index (χ4v) is 5.00. The van der Waals surface area contributed by atoms with Gasteiger partial charge in [0.15, 0.2) is 0 Å². The van der Waals surface area contributed by atoms with Crippen molar-refractivity contribution in [2.75, 3.05) is 6.61 Å². The van der Waals surface area contributed by atoms with Crippen molar-refractivity contribution in [3.63, 3.8) is 0 Å². The lowest BCUT2D eigenvalue weighted by atomic mass is 9.63. The Hall–Kier alpha value is -2.43. The number of amides is 2. The van der Waals surface area contributed by atoms with Crippen LogP contribution in [-0.2, 0) is 9.59 Å². The topological polar surface area (TPSA) is 59.0 Å². The first-order chi connectivity index (χ1) is 12.2. The van der Waals surface area contributed by atoms with Crippen LogP contribution >= 0.6 is 0 Å². The Labute approximate surface area is 146 Å². The third-order valence-corrected chi connectivity index (χ3v) is 6.15. The van der Waals surface area contributed by atoms with Crippen molar-refractivity contribution >= 4 is 18.0 Å². The summed E-state index contributed by atoms with van der Waals surface area (Å²) in [6, 6.07) is 7.45. The van der Waals surface area contributed by atoms with Crippen LogP contribution in [0.1, 0.15) is 18.9 Å². The predicted octanol–water partition coefficient (Wildman–Crippen LogP) is 2.47. The molecule has 6 atom stereocenters. The van der Waals surface area contributed by atoms with E-state index in [4.69, 9.17) is 4.74 Å². The number of allylic oxidation sites excluding steroid dienone is 2. The predicted molar refractivity (Wildman–Crippen MR) is 91.8 cm³/mol. The van der Waals surface area contributed by atoms with Gasteiger partial charge in [0, 0.05) is 0 Å². The number of hydrogen-bond acceptors (Lipinski definition) is 4. The Kier molecular flexibility index (Phi) is 3.14. The molecule has 0 aromatic heterocycles. The molecule has 25 heavy (non-hydrogen) atoms. The maximum Gasteiger partial charge on any atom is 0.254 e. The third kappa shape index (κ3) is 2.11. The van der Waals surface area contributed by atoms with Gasteiger partial charge in [0.05, 0.1) is 24.7 Å². The number of hydrazone groups is 1. The lowest BCUT2D eigenvalue weighted by Crippen LogP contribution is -2.40. The minimum absolute atomic E-state index is 0.123. The van der Waals surface area contributed by atoms with Crippen LogP contribution in [0.4, 0.5) is 0 Å². The number of carbonyl (C=O) groups excluding carboxylic acids is 2. The van der Waals surface area contributed by atoms with Crippen LogP contribution in [0.5, 0.6) is 5.75 Å². The van der Waals surface area contributed by atoms with Crippen LogP contribution in [0.3, 0.4) is 0 Å². The molecule has 1 heterocycles. The fourth-order valence-electron chi connectivity index (χ4n) is 5.00. The Morgan fingerprint density at radius 1 is 1.08 bits per heavy atom. The van der Waals surface area contributed by atoms with Crippen molar-refractivity contribution < 1.29 is 14.3 Å². The molecule has 0 N–H and O–H groups in total. The molecular weight excluding hydrogens is 316 g/mol. The lowest BCUT2D eigenvalue weighted by Gasteiger charge is -2.37. The highest BCUT2D eigenvalue weighted by Crippen LogP contribution is 2.65. The molecule has 3 fully saturated rings. The van der Waals surface area contributed by atoms with Crippen molar-refractivity contribution in [1.29, 1.82) is 0 Å². The van der Waals surface area contributed by atoms with Gasteiger partial charge in [-0.3, -0.25) is 9.59 Å². The molecule has 1 aliphatic heterocycles. The first kappa shape index (κ1) is 14.9. The van der Waals surface area contributed by atoms with E-state index in [0.29, 0.717) is 18.4 Å². The van der Waals surface area contributed by atoms with E-state index in [9.17, 15) is 9.59 Å². The molecule has 5 aliphatic rings. The third-order valence-electron chi connectivity index (χ3n) is 6.15. The van der Waals surface area contributed by atoms with E-state index >= 15 is 0 Å². The molecule has 4 aliphatic carbocycles. The smallest absolute Gasteiger partial charge is 0.254 e. The molecular formula is C20H20N2O3. The first-order valence-corrected chi connectivity index (χ1v) is 9.02. The molecule has 6 rings (SSSR count). The van der Waals surface area contributed by atoms with Crippen LogP contribution in [0.2, 0.25) is 0 Å². The Bertz CT molecular complexity index is 762. The van der Waals surface area contributed by atoms with Crippen LogP contribution in [-0.4, -0.2) is 29.6 Å². The highest BCUT2D eigenvalue weighted by molar-refractivity contribution is 6.06. The van der Waals surface area contributed by atoms with Gasteiger partial charge >= 0.3 is 0 Å². The second kappa shape index (κ2) is 5.28. The van der Waals surface area contributed by atoms with Gasteiger partial charge < -0.3 is 4.74 Å². The van der Waals surface area contributed by atoms with E-state index in [0.717, 1.165) is 16.3 Å². The zero-order valence-electron chi connectivity index (χ0n) is 14.0. The Morgan fingerprint density at radius 3 is 2.24 bits per heavy atom. The van der Waals surface area contributed by atoms with Crippen molar-refractivity contribution in [1.82, 2.24) is 5.01 Å². The molecule has 128 valence electrons. The van der Waals surface area contributed by atoms with E-state index in [1.807, 2.05) is 31.2 Å². The minimum atomic E-state index is -0.191. The largest absolute Gasteiger partial charge is 0.494 e. The number of imide groups is 1. The summed E-state index contributed by atoms with van der Waals surface area (Å²) in [7, 11) is 0. The minimum Gasteiger partial charge on any atom is -0.494 e. The molecule has 1 aromatic rings. The molecule has 2 amide bonds. The average molecular weight is 336 g/mol. The van der Waals surface area contributed by atoms with Crippen molar-refractivity contribution in [3.8, 4) is 5.75 Å². The summed E-state index contributed by atoms with van der Waals surface area (Å²) in [6.07, 6.45) is 7.10. The Balaban J connectivity index is 1.37. The summed E-state index contributed by atoms with van der Waals surface area (Å²) < 4.78 is 5.41. The summed E-state index contributed by atoms with van der Waals surface area (Å²) in [4.78, 5) is 25.6. The second-order valence-corrected chi connectivity index (χ2v) is 7.39. The zero-order valence-corrected chi connectivity index (χ0v) is 14.0. The van der Waals surface area contributed by atoms with E-state index in [1.54, 1.807) is 6.21 Å². The fraction of sp³-hybridized carbons (Fsp3) is 0.450. The molecule has 5 nitrogen and oxygen atoms in total. The van der Waals surface area contributed by atoms with Crippen molar-refractivity contribution in [3.05, 3.63) is 42.0 Å². The quantitative estimate of drug-likeness (QED) is 0.482. The molecule has 0 spiro atoms. The normalized spacial score (nSPS) is 37.6. The molecule has 0 unspecified atom stereocenters. The second-order valence-electron chi connectivity index (χ2n) is 7.39. The first-order valence-electron chi connectivity index (χ1n) is 9.02. The van der Waals surface area contributed by atoms with Crippen LogP contribution in [0.15, 0.2) is 41.5 Å². The summed E-state index contributed by atoms with van der Waals surface area (Å²) in [5.41, 5.74) is 0.836. The molecule has 2 bridgehead atoms. The van der Waals surface area contributed by atoms with E-state index in [1.165, 1.54) is 6.42 Å². The lowest BCUT2D eigenvalue weighted by molar-refractivity contribution is -0.140. The van der Waals surface area contributed by atoms with Gasteiger partial charge in [-0.2, -0.15) is 10.1 Å². The molecule has 2 saturated carbocycles. The maximum atomic E-state index is 12.8. The van der Waals surface area contributed by atoms with Crippen molar-refractivity contribution in [2.45, 2.75) is 13.3 Å². The van der Waals surface area contributed by atoms with Gasteiger partial charge in [0.25, 0.3) is 11.8 Å². The van der Waals surface area contributed by atoms with E-state index in [-0.39, 0.29) is 35.5 Å². The summed E-state index contributed by atoms with van der Waals surface area (Å²) in [5, 5.41) is 5.35. The van der Waals surface area contributed by atoms with Gasteiger partial charge in [-0.1, -0.05) is 12.2 Å². The number of ether oxygens (including phenoxy) is 1. The summed E-state index contributed by atoms with van der Waals surface area (Å²) >= 11 is 0. The highest BCUT2D eigenvalue weighted by Gasteiger charge is 2.67. The van der Waals surface area contributed by atoms with E-state index < -0.39 is 0 Å². The monoisotopic (exact) mass is 336 g/mol. The van der Waals surface area contributed by atoms with E-state index in [2.05, 4.69) is 17.3 Å². The Morgan fingerprint density at radius 2 is 1.68 bits per heavy atom. The highest BCUT2D eigenvalue weighted by atomic mass is 16.5. The molecule has 0 radical (unpaired) electrons. The standard InChI is InChI=1S/C20H20N2O3/c1-2-25-12-5-3-11(4-6-12)10-21-22-19(23)17-13-7-8-14(16-9-15(13)16)18(17)20(22)24/h3-8,10,13-18H,2,9H2,1H3/b21-10-/t13-,14-,15-,16-,17+,18+/m1/s1. The average Bonchev–Trinajstić information content (AvgIpc) is 3.41. The van der Waals surface area contributed by atoms with Gasteiger partial charge in [-0.05, 0) is 66.8 Å². The van der Waals surface area contributed by atoms with Gasteiger partial charge in [0.2, 0.25) is 0 Å². The van der Waals surface area contributed by atoms with Crippen LogP contribution < -0.4 is 4.74 Å². The number of benzene rings is 1. The molecule has 1 aromatic carbocycles. The summed E-state index contributed by atoms with van der Waals surface area (Å²) in [6.45, 7) is 2.55. The number of carbonyl (C=O) groups is 2. The number of hydrogen-bond donors (Lipinski definition) is 0. The number of rotatable bonds is 4. The zero-order chi connectivity index (χ0) is 17.1. The van der Waals surface area contributed by atoms with Crippen LogP contribution in [0.25, 0.3) is 0 Å². The molecule has 5 heteroatoms. The van der Waals surface area contributed by atoms with Crippen molar-refractivity contribution in [2.24, 2.45) is 40.6 Å². The van der Waals surface area contributed by atoms with Gasteiger partial charge in [-0.15, -0.1) is 0 Å². The van der Waals surface area contributed by atoms with Crippen LogP contribution in [0, 0.1) is 35.5 Å². The summed E-state index contributed by atoms with van der Waals surface area (Å²) in [5.74, 6) is 1.87. The van der Waals surface area contributed by atoms with Gasteiger partial charge in [0.1, 0.15) is 5.75 Å². The number of nitrogens with zero attached hydrogens (tertiary/aromatic N) is 2. The molecule has 1 saturated heterocycles. The SMILES string of the molecule is CCOc1ccc(/C=N\N2C(=O)[C@H]3[C@@H]4C=C[C@H]([C@H]5C[C@H]45)[C@@H]3C2=O)cc1.